The van der Waals surface area contributed by atoms with Gasteiger partial charge in [-0.25, -0.2) is 4.79 Å². The van der Waals surface area contributed by atoms with Crippen LogP contribution in [0.15, 0.2) is 23.8 Å². The Hall–Kier alpha value is -1.05. The Morgan fingerprint density at radius 1 is 1.54 bits per heavy atom. The van der Waals surface area contributed by atoms with Crippen LogP contribution in [-0.2, 0) is 4.79 Å². The van der Waals surface area contributed by atoms with Crippen LogP contribution in [0.3, 0.4) is 0 Å². The number of carboxylic acids is 1. The Balaban J connectivity index is 2.29. The topological polar surface area (TPSA) is 37.3 Å². The minimum absolute atomic E-state index is 0.325. The van der Waals surface area contributed by atoms with Gasteiger partial charge in [-0.15, -0.1) is 0 Å². The van der Waals surface area contributed by atoms with E-state index in [1.54, 1.807) is 0 Å². The molecule has 0 saturated carbocycles. The Kier molecular flexibility index (Phi) is 3.74. The lowest BCUT2D eigenvalue weighted by molar-refractivity contribution is -0.132. The molecule has 1 N–H and O–H groups in total. The molecule has 0 heterocycles. The number of carboxylic acid groups (broad SMARTS) is 1. The van der Waals surface area contributed by atoms with Crippen molar-refractivity contribution in [2.24, 2.45) is 0 Å². The van der Waals surface area contributed by atoms with Gasteiger partial charge < -0.3 is 5.11 Å². The van der Waals surface area contributed by atoms with Crippen molar-refractivity contribution in [2.45, 2.75) is 38.5 Å². The zero-order valence-corrected chi connectivity index (χ0v) is 7.88. The molecule has 0 bridgehead atoms. The van der Waals surface area contributed by atoms with Gasteiger partial charge in [-0.1, -0.05) is 18.2 Å². The third kappa shape index (κ3) is 3.45. The van der Waals surface area contributed by atoms with Crippen molar-refractivity contribution in [3.05, 3.63) is 23.8 Å². The summed E-state index contributed by atoms with van der Waals surface area (Å²) < 4.78 is 0. The summed E-state index contributed by atoms with van der Waals surface area (Å²) in [5, 5.41) is 8.59. The number of allylic oxidation sites excluding steroid dienone is 2. The first kappa shape index (κ1) is 10.0. The summed E-state index contributed by atoms with van der Waals surface area (Å²) in [4.78, 5) is 10.5. The number of carbonyl (C=O) groups is 1. The molecule has 0 aromatic heterocycles. The van der Waals surface area contributed by atoms with E-state index in [0.717, 1.165) is 19.3 Å². The largest absolute Gasteiger partial charge is 0.478 e. The maximum absolute atomic E-state index is 10.5. The second-order valence-electron chi connectivity index (χ2n) is 3.52. The van der Waals surface area contributed by atoms with Gasteiger partial charge in [0, 0.05) is 5.57 Å². The summed E-state index contributed by atoms with van der Waals surface area (Å²) in [5.41, 5.74) is 1.74. The molecule has 0 aliphatic heterocycles. The van der Waals surface area contributed by atoms with Crippen molar-refractivity contribution in [1.82, 2.24) is 0 Å². The smallest absolute Gasteiger partial charge is 0.330 e. The fourth-order valence-corrected chi connectivity index (χ4v) is 1.55. The lowest BCUT2D eigenvalue weighted by atomic mass is 9.95. The Morgan fingerprint density at radius 3 is 2.85 bits per heavy atom. The van der Waals surface area contributed by atoms with Gasteiger partial charge in [-0.05, 0) is 38.5 Å². The molecule has 72 valence electrons. The number of hydrogen-bond donors (Lipinski definition) is 1. The molecule has 13 heavy (non-hydrogen) atoms. The molecule has 2 heteroatoms. The Labute approximate surface area is 79.0 Å². The van der Waals surface area contributed by atoms with E-state index < -0.39 is 5.97 Å². The molecule has 0 saturated heterocycles. The third-order valence-electron chi connectivity index (χ3n) is 2.44. The summed E-state index contributed by atoms with van der Waals surface area (Å²) in [6.45, 7) is 3.51. The monoisotopic (exact) mass is 180 g/mol. The predicted octanol–water partition coefficient (Wildman–Crippen LogP) is 2.91. The highest BCUT2D eigenvalue weighted by Crippen LogP contribution is 2.22. The summed E-state index contributed by atoms with van der Waals surface area (Å²) in [7, 11) is 0. The van der Waals surface area contributed by atoms with E-state index in [4.69, 9.17) is 5.11 Å². The van der Waals surface area contributed by atoms with E-state index in [0.29, 0.717) is 12.0 Å². The van der Waals surface area contributed by atoms with Crippen molar-refractivity contribution in [3.8, 4) is 0 Å². The molecule has 0 fully saturated rings. The molecule has 1 aliphatic carbocycles. The SMILES string of the molecule is C=C(CCC1=CCCCC1)C(=O)O. The van der Waals surface area contributed by atoms with Gasteiger partial charge in [0.25, 0.3) is 0 Å². The van der Waals surface area contributed by atoms with Gasteiger partial charge in [-0.2, -0.15) is 0 Å². The summed E-state index contributed by atoms with van der Waals surface area (Å²) in [6.07, 6.45) is 8.57. The van der Waals surface area contributed by atoms with E-state index in [9.17, 15) is 4.79 Å². The van der Waals surface area contributed by atoms with Crippen molar-refractivity contribution in [1.29, 1.82) is 0 Å². The highest BCUT2D eigenvalue weighted by Gasteiger charge is 2.07. The molecular formula is C11H16O2. The average molecular weight is 180 g/mol. The van der Waals surface area contributed by atoms with Crippen LogP contribution in [-0.4, -0.2) is 11.1 Å². The van der Waals surface area contributed by atoms with E-state index in [1.165, 1.54) is 18.4 Å². The summed E-state index contributed by atoms with van der Waals surface area (Å²) >= 11 is 0. The number of rotatable bonds is 4. The van der Waals surface area contributed by atoms with E-state index in [-0.39, 0.29) is 0 Å². The minimum atomic E-state index is -0.864. The molecule has 2 nitrogen and oxygen atoms in total. The zero-order chi connectivity index (χ0) is 9.68. The van der Waals surface area contributed by atoms with Gasteiger partial charge in [0.1, 0.15) is 0 Å². The van der Waals surface area contributed by atoms with Crippen molar-refractivity contribution in [3.63, 3.8) is 0 Å². The standard InChI is InChI=1S/C11H16O2/c1-9(11(12)13)7-8-10-5-3-2-4-6-10/h5H,1-4,6-8H2,(H,12,13). The molecule has 0 amide bonds. The third-order valence-corrected chi connectivity index (χ3v) is 2.44. The van der Waals surface area contributed by atoms with Crippen LogP contribution in [0, 0.1) is 0 Å². The van der Waals surface area contributed by atoms with Gasteiger partial charge in [0.2, 0.25) is 0 Å². The highest BCUT2D eigenvalue weighted by atomic mass is 16.4. The molecule has 0 spiro atoms. The molecular weight excluding hydrogens is 164 g/mol. The molecule has 0 atom stereocenters. The van der Waals surface area contributed by atoms with Crippen LogP contribution in [0.5, 0.6) is 0 Å². The average Bonchev–Trinajstić information content (AvgIpc) is 2.15. The number of aliphatic carboxylic acids is 1. The first-order chi connectivity index (χ1) is 6.20. The lowest BCUT2D eigenvalue weighted by Crippen LogP contribution is -2.00. The predicted molar refractivity (Wildman–Crippen MR) is 52.6 cm³/mol. The molecule has 1 rings (SSSR count). The summed E-state index contributed by atoms with van der Waals surface area (Å²) in [5.74, 6) is -0.864. The van der Waals surface area contributed by atoms with Crippen molar-refractivity contribution in [2.75, 3.05) is 0 Å². The second kappa shape index (κ2) is 4.85. The van der Waals surface area contributed by atoms with E-state index in [1.807, 2.05) is 0 Å². The maximum Gasteiger partial charge on any atom is 0.330 e. The van der Waals surface area contributed by atoms with E-state index in [2.05, 4.69) is 12.7 Å². The van der Waals surface area contributed by atoms with Crippen LogP contribution in [0.25, 0.3) is 0 Å². The van der Waals surface area contributed by atoms with Gasteiger partial charge in [0.15, 0.2) is 0 Å². The van der Waals surface area contributed by atoms with Crippen molar-refractivity contribution < 1.29 is 9.90 Å². The fraction of sp³-hybridized carbons (Fsp3) is 0.545. The molecule has 1 aliphatic rings. The lowest BCUT2D eigenvalue weighted by Gasteiger charge is -2.11. The summed E-state index contributed by atoms with van der Waals surface area (Å²) in [6, 6.07) is 0. The minimum Gasteiger partial charge on any atom is -0.478 e. The van der Waals surface area contributed by atoms with Crippen LogP contribution in [0.1, 0.15) is 38.5 Å². The van der Waals surface area contributed by atoms with Crippen LogP contribution in [0.4, 0.5) is 0 Å². The molecule has 0 aromatic rings. The highest BCUT2D eigenvalue weighted by molar-refractivity contribution is 5.85. The zero-order valence-electron chi connectivity index (χ0n) is 7.88. The van der Waals surface area contributed by atoms with Crippen LogP contribution in [0.2, 0.25) is 0 Å². The normalized spacial score (nSPS) is 16.5. The second-order valence-corrected chi connectivity index (χ2v) is 3.52. The van der Waals surface area contributed by atoms with E-state index >= 15 is 0 Å². The van der Waals surface area contributed by atoms with Crippen LogP contribution < -0.4 is 0 Å². The quantitative estimate of drug-likeness (QED) is 0.533. The Morgan fingerprint density at radius 2 is 2.31 bits per heavy atom. The molecule has 0 radical (unpaired) electrons. The molecule has 0 aromatic carbocycles. The van der Waals surface area contributed by atoms with Gasteiger partial charge in [-0.3, -0.25) is 0 Å². The maximum atomic E-state index is 10.5. The van der Waals surface area contributed by atoms with Gasteiger partial charge >= 0.3 is 5.97 Å². The first-order valence-corrected chi connectivity index (χ1v) is 4.79. The van der Waals surface area contributed by atoms with Crippen LogP contribution >= 0.6 is 0 Å². The molecule has 0 unspecified atom stereocenters. The fourth-order valence-electron chi connectivity index (χ4n) is 1.55. The van der Waals surface area contributed by atoms with Gasteiger partial charge in [0.05, 0.1) is 0 Å². The first-order valence-electron chi connectivity index (χ1n) is 4.79. The van der Waals surface area contributed by atoms with Crippen molar-refractivity contribution >= 4 is 5.97 Å². The Bertz CT molecular complexity index is 238. The number of hydrogen-bond acceptors (Lipinski definition) is 1.